The van der Waals surface area contributed by atoms with Crippen molar-refractivity contribution >= 4 is 23.5 Å². The predicted octanol–water partition coefficient (Wildman–Crippen LogP) is 2.67. The first-order valence-corrected chi connectivity index (χ1v) is 8.96. The number of urea groups is 1. The number of nitrogens with one attached hydrogen (secondary N) is 1. The average molecular weight is 350 g/mol. The number of carbonyl (C=O) groups excluding carboxylic acids is 2. The van der Waals surface area contributed by atoms with Crippen LogP contribution in [0.25, 0.3) is 0 Å². The van der Waals surface area contributed by atoms with E-state index in [1.807, 2.05) is 12.1 Å². The van der Waals surface area contributed by atoms with Gasteiger partial charge in [0.25, 0.3) is 0 Å². The fourth-order valence-corrected chi connectivity index (χ4v) is 3.89. The molecule has 1 aromatic carbocycles. The predicted molar refractivity (Wildman–Crippen MR) is 93.9 cm³/mol. The number of carbonyl (C=O) groups is 2. The van der Waals surface area contributed by atoms with E-state index in [-0.39, 0.29) is 17.2 Å². The van der Waals surface area contributed by atoms with Crippen molar-refractivity contribution in [3.8, 4) is 0 Å². The molecule has 0 spiro atoms. The lowest BCUT2D eigenvalue weighted by Crippen LogP contribution is -2.50. The van der Waals surface area contributed by atoms with Crippen LogP contribution in [0.2, 0.25) is 5.02 Å². The van der Waals surface area contributed by atoms with Crippen molar-refractivity contribution in [2.45, 2.75) is 37.5 Å². The maximum atomic E-state index is 12.5. The van der Waals surface area contributed by atoms with E-state index in [9.17, 15) is 9.59 Å². The summed E-state index contributed by atoms with van der Waals surface area (Å²) in [5.41, 5.74) is 6.60. The molecule has 6 heteroatoms. The van der Waals surface area contributed by atoms with Crippen molar-refractivity contribution in [1.29, 1.82) is 0 Å². The van der Waals surface area contributed by atoms with Crippen molar-refractivity contribution in [2.75, 3.05) is 19.6 Å². The van der Waals surface area contributed by atoms with Crippen LogP contribution in [0.4, 0.5) is 4.79 Å². The maximum absolute atomic E-state index is 12.5. The summed E-state index contributed by atoms with van der Waals surface area (Å²) in [4.78, 5) is 25.4. The second kappa shape index (κ2) is 7.01. The van der Waals surface area contributed by atoms with E-state index >= 15 is 0 Å². The SMILES string of the molecule is NC(=O)N1CCC[C@H](C(=O)NCC2(c3ccc(Cl)cc3)CCC2)C1. The molecule has 1 saturated heterocycles. The number of halogens is 1. The molecule has 1 aromatic rings. The molecule has 2 aliphatic rings. The molecule has 0 radical (unpaired) electrons. The van der Waals surface area contributed by atoms with Crippen LogP contribution in [0.1, 0.15) is 37.7 Å². The molecule has 0 unspecified atom stereocenters. The number of amides is 3. The zero-order valence-corrected chi connectivity index (χ0v) is 14.5. The first kappa shape index (κ1) is 17.1. The summed E-state index contributed by atoms with van der Waals surface area (Å²) < 4.78 is 0. The Balaban J connectivity index is 1.60. The van der Waals surface area contributed by atoms with Crippen molar-refractivity contribution in [3.63, 3.8) is 0 Å². The summed E-state index contributed by atoms with van der Waals surface area (Å²) in [5, 5.41) is 3.84. The van der Waals surface area contributed by atoms with Gasteiger partial charge in [-0.1, -0.05) is 30.2 Å². The molecule has 1 saturated carbocycles. The second-order valence-electron chi connectivity index (χ2n) is 6.98. The molecule has 1 atom stereocenters. The lowest BCUT2D eigenvalue weighted by atomic mass is 9.64. The van der Waals surface area contributed by atoms with Gasteiger partial charge in [0, 0.05) is 30.1 Å². The van der Waals surface area contributed by atoms with Crippen molar-refractivity contribution in [3.05, 3.63) is 34.9 Å². The summed E-state index contributed by atoms with van der Waals surface area (Å²) in [6, 6.07) is 7.49. The second-order valence-corrected chi connectivity index (χ2v) is 7.42. The molecule has 130 valence electrons. The van der Waals surface area contributed by atoms with Crippen LogP contribution < -0.4 is 11.1 Å². The van der Waals surface area contributed by atoms with Gasteiger partial charge in [0.15, 0.2) is 0 Å². The van der Waals surface area contributed by atoms with Crippen molar-refractivity contribution < 1.29 is 9.59 Å². The van der Waals surface area contributed by atoms with Gasteiger partial charge in [-0.3, -0.25) is 4.79 Å². The Morgan fingerprint density at radius 1 is 1.25 bits per heavy atom. The lowest BCUT2D eigenvalue weighted by Gasteiger charge is -2.43. The first-order chi connectivity index (χ1) is 11.5. The molecule has 3 rings (SSSR count). The summed E-state index contributed by atoms with van der Waals surface area (Å²) >= 11 is 5.98. The fraction of sp³-hybridized carbons (Fsp3) is 0.556. The van der Waals surface area contributed by atoms with Gasteiger partial charge in [-0.05, 0) is 43.4 Å². The molecule has 0 aromatic heterocycles. The third-order valence-corrected chi connectivity index (χ3v) is 5.72. The topological polar surface area (TPSA) is 75.4 Å². The van der Waals surface area contributed by atoms with E-state index in [1.54, 1.807) is 4.90 Å². The standard InChI is InChI=1S/C18H24ClN3O2/c19-15-6-4-14(5-7-15)18(8-2-9-18)12-21-16(23)13-3-1-10-22(11-13)17(20)24/h4-7,13H,1-3,8-12H2,(H2,20,24)(H,21,23)/t13-/m0/s1. The molecule has 3 N–H and O–H groups in total. The van der Waals surface area contributed by atoms with Gasteiger partial charge in [-0.15, -0.1) is 0 Å². The number of nitrogens with zero attached hydrogens (tertiary/aromatic N) is 1. The highest BCUT2D eigenvalue weighted by molar-refractivity contribution is 6.30. The van der Waals surface area contributed by atoms with Crippen LogP contribution >= 0.6 is 11.6 Å². The zero-order chi connectivity index (χ0) is 17.2. The van der Waals surface area contributed by atoms with Gasteiger partial charge in [0.2, 0.25) is 5.91 Å². The molecule has 24 heavy (non-hydrogen) atoms. The van der Waals surface area contributed by atoms with Crippen molar-refractivity contribution in [2.24, 2.45) is 11.7 Å². The van der Waals surface area contributed by atoms with Gasteiger partial charge < -0.3 is 16.0 Å². The van der Waals surface area contributed by atoms with Gasteiger partial charge >= 0.3 is 6.03 Å². The van der Waals surface area contributed by atoms with Crippen LogP contribution in [0.5, 0.6) is 0 Å². The number of likely N-dealkylation sites (tertiary alicyclic amines) is 1. The highest BCUT2D eigenvalue weighted by Crippen LogP contribution is 2.43. The monoisotopic (exact) mass is 349 g/mol. The fourth-order valence-electron chi connectivity index (χ4n) is 3.77. The molecule has 0 bridgehead atoms. The van der Waals surface area contributed by atoms with Crippen LogP contribution in [-0.2, 0) is 10.2 Å². The Morgan fingerprint density at radius 2 is 1.96 bits per heavy atom. The van der Waals surface area contributed by atoms with Gasteiger partial charge in [0.05, 0.1) is 5.92 Å². The number of piperidine rings is 1. The molecule has 1 aliphatic heterocycles. The van der Waals surface area contributed by atoms with Gasteiger partial charge in [0.1, 0.15) is 0 Å². The number of hydrogen-bond acceptors (Lipinski definition) is 2. The quantitative estimate of drug-likeness (QED) is 0.876. The van der Waals surface area contributed by atoms with Gasteiger partial charge in [-0.25, -0.2) is 4.79 Å². The minimum Gasteiger partial charge on any atom is -0.355 e. The van der Waals surface area contributed by atoms with E-state index < -0.39 is 6.03 Å². The lowest BCUT2D eigenvalue weighted by molar-refractivity contribution is -0.126. The Bertz CT molecular complexity index is 613. The number of nitrogens with two attached hydrogens (primary N) is 1. The Kier molecular flexibility index (Phi) is 4.99. The van der Waals surface area contributed by atoms with Crippen molar-refractivity contribution in [1.82, 2.24) is 10.2 Å². The van der Waals surface area contributed by atoms with E-state index in [2.05, 4.69) is 17.4 Å². The molecule has 5 nitrogen and oxygen atoms in total. The number of rotatable bonds is 4. The molecule has 2 fully saturated rings. The number of benzene rings is 1. The summed E-state index contributed by atoms with van der Waals surface area (Å²) in [5.74, 6) is -0.130. The van der Waals surface area contributed by atoms with E-state index in [0.717, 1.165) is 30.7 Å². The van der Waals surface area contributed by atoms with E-state index in [4.69, 9.17) is 17.3 Å². The minimum absolute atomic E-state index is 0.0261. The van der Waals surface area contributed by atoms with E-state index in [1.165, 1.54) is 12.0 Å². The molecule has 1 heterocycles. The summed E-state index contributed by atoms with van der Waals surface area (Å²) in [6.07, 6.45) is 4.96. The average Bonchev–Trinajstić information content (AvgIpc) is 2.55. The highest BCUT2D eigenvalue weighted by Gasteiger charge is 2.39. The van der Waals surface area contributed by atoms with E-state index in [0.29, 0.717) is 19.6 Å². The maximum Gasteiger partial charge on any atom is 0.314 e. The Hall–Kier alpha value is -1.75. The summed E-state index contributed by atoms with van der Waals surface area (Å²) in [6.45, 7) is 1.71. The highest BCUT2D eigenvalue weighted by atomic mass is 35.5. The smallest absolute Gasteiger partial charge is 0.314 e. The van der Waals surface area contributed by atoms with Crippen LogP contribution in [0.15, 0.2) is 24.3 Å². The normalized spacial score (nSPS) is 22.5. The van der Waals surface area contributed by atoms with Crippen LogP contribution in [0, 0.1) is 5.92 Å². The Labute approximate surface area is 147 Å². The largest absolute Gasteiger partial charge is 0.355 e. The third-order valence-electron chi connectivity index (χ3n) is 5.47. The van der Waals surface area contributed by atoms with Crippen LogP contribution in [-0.4, -0.2) is 36.5 Å². The summed E-state index contributed by atoms with van der Waals surface area (Å²) in [7, 11) is 0. The third kappa shape index (κ3) is 3.51. The molecule has 1 aliphatic carbocycles. The Morgan fingerprint density at radius 3 is 2.54 bits per heavy atom. The minimum atomic E-state index is -0.441. The van der Waals surface area contributed by atoms with Gasteiger partial charge in [-0.2, -0.15) is 0 Å². The number of primary amides is 1. The molecular formula is C18H24ClN3O2. The van der Waals surface area contributed by atoms with Crippen LogP contribution in [0.3, 0.4) is 0 Å². The zero-order valence-electron chi connectivity index (χ0n) is 13.8. The number of hydrogen-bond donors (Lipinski definition) is 2. The first-order valence-electron chi connectivity index (χ1n) is 8.58. The molecular weight excluding hydrogens is 326 g/mol. The molecule has 3 amide bonds.